The molecule has 0 bridgehead atoms. The average Bonchev–Trinajstić information content (AvgIpc) is 2.87. The molecule has 3 rings (SSSR count). The van der Waals surface area contributed by atoms with Gasteiger partial charge in [-0.3, -0.25) is 9.88 Å². The third kappa shape index (κ3) is 2.76. The Morgan fingerprint density at radius 2 is 2.15 bits per heavy atom. The SMILES string of the molecule is COc1ccc(C)c(-n2c(NC(=O)O)c(C#N)c3cc(Br)cnc32)c1C. The molecular formula is C18H15BrN4O3. The number of halogens is 1. The summed E-state index contributed by atoms with van der Waals surface area (Å²) in [4.78, 5) is 15.8. The maximum absolute atomic E-state index is 11.4. The molecule has 2 aromatic heterocycles. The molecule has 0 fully saturated rings. The summed E-state index contributed by atoms with van der Waals surface area (Å²) in [6.07, 6.45) is 0.345. The summed E-state index contributed by atoms with van der Waals surface area (Å²) in [5.74, 6) is 0.810. The quantitative estimate of drug-likeness (QED) is 0.662. The molecule has 0 aliphatic rings. The van der Waals surface area contributed by atoms with Crippen molar-refractivity contribution in [2.75, 3.05) is 12.4 Å². The van der Waals surface area contributed by atoms with Gasteiger partial charge in [0, 0.05) is 21.6 Å². The molecular weight excluding hydrogens is 400 g/mol. The van der Waals surface area contributed by atoms with Crippen LogP contribution in [0.3, 0.4) is 0 Å². The first kappa shape index (κ1) is 17.8. The fourth-order valence-electron chi connectivity index (χ4n) is 3.07. The summed E-state index contributed by atoms with van der Waals surface area (Å²) < 4.78 is 7.75. The van der Waals surface area contributed by atoms with Crippen LogP contribution in [0.5, 0.6) is 5.75 Å². The smallest absolute Gasteiger partial charge is 0.410 e. The van der Waals surface area contributed by atoms with E-state index in [0.717, 1.165) is 16.8 Å². The number of fused-ring (bicyclic) bond motifs is 1. The Morgan fingerprint density at radius 3 is 2.77 bits per heavy atom. The number of ether oxygens (including phenoxy) is 1. The average molecular weight is 415 g/mol. The van der Waals surface area contributed by atoms with Gasteiger partial charge in [-0.2, -0.15) is 5.26 Å². The predicted octanol–water partition coefficient (Wildman–Crippen LogP) is 4.38. The van der Waals surface area contributed by atoms with Gasteiger partial charge in [-0.1, -0.05) is 6.07 Å². The number of aryl methyl sites for hydroxylation is 1. The van der Waals surface area contributed by atoms with E-state index in [1.807, 2.05) is 26.0 Å². The molecule has 0 aliphatic carbocycles. The van der Waals surface area contributed by atoms with Crippen molar-refractivity contribution in [3.05, 3.63) is 45.6 Å². The van der Waals surface area contributed by atoms with E-state index in [4.69, 9.17) is 4.74 Å². The number of nitrogens with zero attached hydrogens (tertiary/aromatic N) is 3. The third-order valence-electron chi connectivity index (χ3n) is 4.14. The lowest BCUT2D eigenvalue weighted by Crippen LogP contribution is -2.14. The number of aromatic nitrogens is 2. The fraction of sp³-hybridized carbons (Fsp3) is 0.167. The number of carbonyl (C=O) groups is 1. The van der Waals surface area contributed by atoms with Crippen LogP contribution in [0.25, 0.3) is 16.7 Å². The van der Waals surface area contributed by atoms with Crippen molar-refractivity contribution in [3.63, 3.8) is 0 Å². The number of nitrogens with one attached hydrogen (secondary N) is 1. The summed E-state index contributed by atoms with van der Waals surface area (Å²) in [5, 5.41) is 21.8. The van der Waals surface area contributed by atoms with Crippen molar-refractivity contribution in [2.45, 2.75) is 13.8 Å². The second kappa shape index (κ2) is 6.69. The zero-order valence-corrected chi connectivity index (χ0v) is 15.9. The van der Waals surface area contributed by atoms with Gasteiger partial charge >= 0.3 is 6.09 Å². The maximum atomic E-state index is 11.4. The molecule has 2 heterocycles. The van der Waals surface area contributed by atoms with Crippen molar-refractivity contribution < 1.29 is 14.6 Å². The molecule has 0 aliphatic heterocycles. The van der Waals surface area contributed by atoms with Gasteiger partial charge in [0.2, 0.25) is 0 Å². The van der Waals surface area contributed by atoms with Crippen LogP contribution in [0.4, 0.5) is 10.6 Å². The molecule has 1 aromatic carbocycles. The van der Waals surface area contributed by atoms with E-state index in [-0.39, 0.29) is 11.4 Å². The lowest BCUT2D eigenvalue weighted by molar-refractivity contribution is 0.209. The summed E-state index contributed by atoms with van der Waals surface area (Å²) in [6.45, 7) is 3.78. The van der Waals surface area contributed by atoms with Crippen LogP contribution in [0.15, 0.2) is 28.9 Å². The van der Waals surface area contributed by atoms with E-state index in [0.29, 0.717) is 21.3 Å². The number of amides is 1. The van der Waals surface area contributed by atoms with Crippen LogP contribution >= 0.6 is 15.9 Å². The van der Waals surface area contributed by atoms with Crippen LogP contribution in [-0.2, 0) is 0 Å². The van der Waals surface area contributed by atoms with Crippen LogP contribution in [-0.4, -0.2) is 27.9 Å². The minimum absolute atomic E-state index is 0.153. The predicted molar refractivity (Wildman–Crippen MR) is 101 cm³/mol. The van der Waals surface area contributed by atoms with Gasteiger partial charge in [0.05, 0.1) is 12.8 Å². The van der Waals surface area contributed by atoms with Crippen LogP contribution < -0.4 is 10.1 Å². The minimum atomic E-state index is -1.26. The first-order valence-electron chi connectivity index (χ1n) is 7.63. The molecule has 132 valence electrons. The van der Waals surface area contributed by atoms with Crippen molar-refractivity contribution in [1.82, 2.24) is 9.55 Å². The molecule has 0 radical (unpaired) electrons. The lowest BCUT2D eigenvalue weighted by atomic mass is 10.1. The molecule has 2 N–H and O–H groups in total. The minimum Gasteiger partial charge on any atom is -0.496 e. The van der Waals surface area contributed by atoms with Gasteiger partial charge in [-0.05, 0) is 47.5 Å². The highest BCUT2D eigenvalue weighted by Crippen LogP contribution is 2.37. The number of hydrogen-bond donors (Lipinski definition) is 2. The molecule has 8 heteroatoms. The highest BCUT2D eigenvalue weighted by atomic mass is 79.9. The second-order valence-corrected chi connectivity index (χ2v) is 6.60. The number of rotatable bonds is 3. The Labute approximate surface area is 158 Å². The van der Waals surface area contributed by atoms with Gasteiger partial charge < -0.3 is 9.84 Å². The van der Waals surface area contributed by atoms with Gasteiger partial charge in [-0.25, -0.2) is 9.78 Å². The summed E-state index contributed by atoms with van der Waals surface area (Å²) in [5.41, 5.74) is 3.11. The van der Waals surface area contributed by atoms with Crippen molar-refractivity contribution >= 4 is 38.9 Å². The third-order valence-corrected chi connectivity index (χ3v) is 4.57. The standard InChI is InChI=1S/C18H15BrN4O3/c1-9-4-5-14(26-3)10(2)15(9)23-16-12(6-11(19)8-21-16)13(7-20)17(23)22-18(24)25/h4-6,8,22H,1-3H3,(H,24,25). The molecule has 26 heavy (non-hydrogen) atoms. The second-order valence-electron chi connectivity index (χ2n) is 5.68. The summed E-state index contributed by atoms with van der Waals surface area (Å²) >= 11 is 3.35. The highest BCUT2D eigenvalue weighted by Gasteiger charge is 2.24. The van der Waals surface area contributed by atoms with Gasteiger partial charge in [0.15, 0.2) is 0 Å². The number of anilines is 1. The zero-order chi connectivity index (χ0) is 19.0. The number of benzene rings is 1. The molecule has 0 unspecified atom stereocenters. The Hall–Kier alpha value is -3.05. The largest absolute Gasteiger partial charge is 0.496 e. The van der Waals surface area contributed by atoms with E-state index >= 15 is 0 Å². The molecule has 3 aromatic rings. The van der Waals surface area contributed by atoms with Crippen molar-refractivity contribution in [3.8, 4) is 17.5 Å². The Bertz CT molecular complexity index is 1080. The number of carboxylic acid groups (broad SMARTS) is 1. The van der Waals surface area contributed by atoms with E-state index in [9.17, 15) is 15.2 Å². The number of methoxy groups -OCH3 is 1. The molecule has 0 atom stereocenters. The first-order valence-corrected chi connectivity index (χ1v) is 8.43. The van der Waals surface area contributed by atoms with Gasteiger partial charge in [-0.15, -0.1) is 0 Å². The molecule has 7 nitrogen and oxygen atoms in total. The van der Waals surface area contributed by atoms with Crippen LogP contribution in [0, 0.1) is 25.2 Å². The zero-order valence-electron chi connectivity index (χ0n) is 14.3. The monoisotopic (exact) mass is 414 g/mol. The Balaban J connectivity index is 2.51. The maximum Gasteiger partial charge on any atom is 0.410 e. The normalized spacial score (nSPS) is 10.6. The van der Waals surface area contributed by atoms with Crippen LogP contribution in [0.1, 0.15) is 16.7 Å². The lowest BCUT2D eigenvalue weighted by Gasteiger charge is -2.17. The van der Waals surface area contributed by atoms with Crippen molar-refractivity contribution in [2.24, 2.45) is 0 Å². The Kier molecular flexibility index (Phi) is 4.57. The van der Waals surface area contributed by atoms with E-state index in [1.165, 1.54) is 0 Å². The number of nitriles is 1. The van der Waals surface area contributed by atoms with E-state index in [2.05, 4.69) is 32.3 Å². The van der Waals surface area contributed by atoms with E-state index < -0.39 is 6.09 Å². The van der Waals surface area contributed by atoms with Crippen LogP contribution in [0.2, 0.25) is 0 Å². The fourth-order valence-corrected chi connectivity index (χ4v) is 3.40. The van der Waals surface area contributed by atoms with E-state index in [1.54, 1.807) is 23.9 Å². The van der Waals surface area contributed by atoms with Gasteiger partial charge in [0.25, 0.3) is 0 Å². The molecule has 0 spiro atoms. The number of pyridine rings is 1. The van der Waals surface area contributed by atoms with Gasteiger partial charge in [0.1, 0.15) is 28.8 Å². The number of hydrogen-bond acceptors (Lipinski definition) is 4. The molecule has 1 amide bonds. The first-order chi connectivity index (χ1) is 12.4. The van der Waals surface area contributed by atoms with Crippen molar-refractivity contribution in [1.29, 1.82) is 5.26 Å². The molecule has 0 saturated carbocycles. The molecule has 0 saturated heterocycles. The summed E-state index contributed by atoms with van der Waals surface area (Å²) in [7, 11) is 1.57. The topological polar surface area (TPSA) is 100 Å². The summed E-state index contributed by atoms with van der Waals surface area (Å²) in [6, 6.07) is 7.56. The Morgan fingerprint density at radius 1 is 1.42 bits per heavy atom. The highest BCUT2D eigenvalue weighted by molar-refractivity contribution is 9.10.